The molecule has 3 aromatic carbocycles. The predicted molar refractivity (Wildman–Crippen MR) is 116 cm³/mol. The largest absolute Gasteiger partial charge is 0.348 e. The normalized spacial score (nSPS) is 14.6. The molecular weight excluding hydrogens is 376 g/mol. The zero-order valence-electron chi connectivity index (χ0n) is 16.5. The third kappa shape index (κ3) is 3.78. The molecule has 1 N–H and O–H groups in total. The van der Waals surface area contributed by atoms with Crippen molar-refractivity contribution in [2.45, 2.75) is 6.54 Å². The first-order valence-electron chi connectivity index (χ1n) is 9.60. The second-order valence-corrected chi connectivity index (χ2v) is 7.06. The highest BCUT2D eigenvalue weighted by Gasteiger charge is 2.33. The zero-order chi connectivity index (χ0) is 21.1. The maximum atomic E-state index is 13.1. The monoisotopic (exact) mass is 396 g/mol. The Morgan fingerprint density at radius 1 is 0.933 bits per heavy atom. The molecule has 0 bridgehead atoms. The number of nitrogens with one attached hydrogen (secondary N) is 1. The van der Waals surface area contributed by atoms with Gasteiger partial charge in [0, 0.05) is 24.7 Å². The molecular formula is C25H20N2O3. The maximum Gasteiger partial charge on any atom is 0.262 e. The van der Waals surface area contributed by atoms with Gasteiger partial charge in [-0.05, 0) is 35.4 Å². The number of nitrogens with zero attached hydrogens (tertiary/aromatic N) is 1. The summed E-state index contributed by atoms with van der Waals surface area (Å²) >= 11 is 0. The van der Waals surface area contributed by atoms with E-state index < -0.39 is 0 Å². The smallest absolute Gasteiger partial charge is 0.262 e. The van der Waals surface area contributed by atoms with Gasteiger partial charge in [-0.15, -0.1) is 0 Å². The fourth-order valence-electron chi connectivity index (χ4n) is 3.41. The van der Waals surface area contributed by atoms with Gasteiger partial charge in [0.2, 0.25) is 5.78 Å². The second-order valence-electron chi connectivity index (χ2n) is 7.06. The van der Waals surface area contributed by atoms with Crippen LogP contribution in [0.15, 0.2) is 84.4 Å². The number of hydrogen-bond acceptors (Lipinski definition) is 3. The third-order valence-corrected chi connectivity index (χ3v) is 5.05. The number of rotatable bonds is 4. The molecule has 5 nitrogen and oxygen atoms in total. The molecule has 0 spiro atoms. The topological polar surface area (TPSA) is 66.5 Å². The Hall–Kier alpha value is -3.99. The third-order valence-electron chi connectivity index (χ3n) is 5.05. The Labute approximate surface area is 174 Å². The molecule has 1 heterocycles. The molecule has 0 fully saturated rings. The number of Topliss-reactive ketones (excluding diaryl/α,β-unsaturated/α-hetero) is 1. The number of carbonyl (C=O) groups excluding carboxylic acids is 3. The molecule has 0 unspecified atom stereocenters. The summed E-state index contributed by atoms with van der Waals surface area (Å²) in [6, 6.07) is 23.6. The van der Waals surface area contributed by atoms with Crippen LogP contribution in [-0.2, 0) is 11.3 Å². The number of benzene rings is 3. The molecule has 0 saturated heterocycles. The van der Waals surface area contributed by atoms with E-state index in [1.165, 1.54) is 4.90 Å². The fourth-order valence-corrected chi connectivity index (χ4v) is 3.41. The first kappa shape index (κ1) is 19.3. The molecule has 30 heavy (non-hydrogen) atoms. The minimum Gasteiger partial charge on any atom is -0.348 e. The van der Waals surface area contributed by atoms with Gasteiger partial charge in [-0.25, -0.2) is 0 Å². The summed E-state index contributed by atoms with van der Waals surface area (Å²) in [7, 11) is 1.63. The van der Waals surface area contributed by atoms with Gasteiger partial charge in [0.25, 0.3) is 11.8 Å². The lowest BCUT2D eigenvalue weighted by Crippen LogP contribution is -2.37. The lowest BCUT2D eigenvalue weighted by molar-refractivity contribution is -0.114. The van der Waals surface area contributed by atoms with Crippen molar-refractivity contribution in [1.82, 2.24) is 5.32 Å². The Balaban J connectivity index is 1.63. The average Bonchev–Trinajstić information content (AvgIpc) is 2.80. The Morgan fingerprint density at radius 3 is 2.30 bits per heavy atom. The van der Waals surface area contributed by atoms with Crippen LogP contribution in [0.25, 0.3) is 6.08 Å². The molecule has 5 heteroatoms. The Bertz CT molecular complexity index is 1150. The van der Waals surface area contributed by atoms with Crippen molar-refractivity contribution in [3.8, 4) is 0 Å². The summed E-state index contributed by atoms with van der Waals surface area (Å²) in [5.41, 5.74) is 3.04. The Kier molecular flexibility index (Phi) is 5.26. The number of hydrogen-bond donors (Lipinski definition) is 1. The van der Waals surface area contributed by atoms with E-state index in [4.69, 9.17) is 0 Å². The summed E-state index contributed by atoms with van der Waals surface area (Å²) in [5.74, 6) is -1.02. The molecule has 0 atom stereocenters. The van der Waals surface area contributed by atoms with Crippen LogP contribution < -0.4 is 10.2 Å². The van der Waals surface area contributed by atoms with E-state index in [2.05, 4.69) is 5.32 Å². The molecule has 2 amide bonds. The summed E-state index contributed by atoms with van der Waals surface area (Å²) in [6.07, 6.45) is 1.59. The van der Waals surface area contributed by atoms with Crippen LogP contribution in [0.3, 0.4) is 0 Å². The average molecular weight is 396 g/mol. The van der Waals surface area contributed by atoms with Gasteiger partial charge in [0.05, 0.1) is 11.3 Å². The van der Waals surface area contributed by atoms with Crippen LogP contribution in [0.2, 0.25) is 0 Å². The zero-order valence-corrected chi connectivity index (χ0v) is 16.5. The highest BCUT2D eigenvalue weighted by atomic mass is 16.2. The van der Waals surface area contributed by atoms with E-state index in [1.807, 2.05) is 60.7 Å². The van der Waals surface area contributed by atoms with Crippen molar-refractivity contribution in [1.29, 1.82) is 0 Å². The Morgan fingerprint density at radius 2 is 1.60 bits per heavy atom. The molecule has 0 saturated carbocycles. The molecule has 1 aliphatic rings. The van der Waals surface area contributed by atoms with Crippen molar-refractivity contribution in [3.05, 3.63) is 107 Å². The number of carbonyl (C=O) groups is 3. The maximum absolute atomic E-state index is 13.1. The molecule has 3 aromatic rings. The number of ketones is 1. The lowest BCUT2D eigenvalue weighted by Gasteiger charge is -2.27. The highest BCUT2D eigenvalue weighted by Crippen LogP contribution is 2.31. The minimum atomic E-state index is -0.380. The standard InChI is InChI=1S/C25H20N2O3/c1-27-22-13-12-19(24(29)26-16-18-10-6-3-7-11-18)15-20(22)23(28)21(25(27)30)14-17-8-4-2-5-9-17/h2-15H,16H2,1H3,(H,26,29). The minimum absolute atomic E-state index is 0.0815. The quantitative estimate of drug-likeness (QED) is 0.538. The molecule has 0 aliphatic carbocycles. The van der Waals surface area contributed by atoms with Crippen molar-refractivity contribution < 1.29 is 14.4 Å². The molecule has 148 valence electrons. The summed E-state index contributed by atoms with van der Waals surface area (Å²) in [6.45, 7) is 0.391. The van der Waals surface area contributed by atoms with Crippen LogP contribution in [-0.4, -0.2) is 24.6 Å². The van der Waals surface area contributed by atoms with Gasteiger partial charge in [-0.3, -0.25) is 14.4 Å². The van der Waals surface area contributed by atoms with Crippen molar-refractivity contribution in [3.63, 3.8) is 0 Å². The van der Waals surface area contributed by atoms with Crippen LogP contribution in [0.4, 0.5) is 5.69 Å². The van der Waals surface area contributed by atoms with Crippen LogP contribution in [0.5, 0.6) is 0 Å². The fraction of sp³-hybridized carbons (Fsp3) is 0.0800. The van der Waals surface area contributed by atoms with Crippen molar-refractivity contribution >= 4 is 29.4 Å². The number of likely N-dealkylation sites (N-methyl/N-ethyl adjacent to an activating group) is 1. The van der Waals surface area contributed by atoms with Gasteiger partial charge in [-0.2, -0.15) is 0 Å². The van der Waals surface area contributed by atoms with E-state index in [1.54, 1.807) is 31.3 Å². The van der Waals surface area contributed by atoms with E-state index in [9.17, 15) is 14.4 Å². The van der Waals surface area contributed by atoms with Gasteiger partial charge in [0.1, 0.15) is 0 Å². The summed E-state index contributed by atoms with van der Waals surface area (Å²) < 4.78 is 0. The SMILES string of the molecule is CN1C(=O)C(=Cc2ccccc2)C(=O)c2cc(C(=O)NCc3ccccc3)ccc21. The van der Waals surface area contributed by atoms with Crippen molar-refractivity contribution in [2.75, 3.05) is 11.9 Å². The number of amides is 2. The summed E-state index contributed by atoms with van der Waals surface area (Å²) in [4.78, 5) is 39.9. The lowest BCUT2D eigenvalue weighted by atomic mass is 9.92. The van der Waals surface area contributed by atoms with E-state index in [0.29, 0.717) is 23.4 Å². The van der Waals surface area contributed by atoms with Gasteiger partial charge >= 0.3 is 0 Å². The van der Waals surface area contributed by atoms with Crippen LogP contribution in [0.1, 0.15) is 31.8 Å². The molecule has 0 radical (unpaired) electrons. The first-order valence-corrected chi connectivity index (χ1v) is 9.60. The summed E-state index contributed by atoms with van der Waals surface area (Å²) in [5, 5.41) is 2.86. The van der Waals surface area contributed by atoms with Crippen LogP contribution >= 0.6 is 0 Å². The van der Waals surface area contributed by atoms with Crippen LogP contribution in [0, 0.1) is 0 Å². The van der Waals surface area contributed by atoms with Crippen molar-refractivity contribution in [2.24, 2.45) is 0 Å². The first-order chi connectivity index (χ1) is 14.5. The molecule has 0 aromatic heterocycles. The highest BCUT2D eigenvalue weighted by molar-refractivity contribution is 6.36. The van der Waals surface area contributed by atoms with Gasteiger partial charge in [-0.1, -0.05) is 60.7 Å². The number of fused-ring (bicyclic) bond motifs is 1. The van der Waals surface area contributed by atoms with E-state index in [0.717, 1.165) is 11.1 Å². The number of anilines is 1. The molecule has 1 aliphatic heterocycles. The van der Waals surface area contributed by atoms with E-state index in [-0.39, 0.29) is 23.2 Å². The van der Waals surface area contributed by atoms with Gasteiger partial charge < -0.3 is 10.2 Å². The molecule has 4 rings (SSSR count). The van der Waals surface area contributed by atoms with Gasteiger partial charge in [0.15, 0.2) is 0 Å². The second kappa shape index (κ2) is 8.17. The predicted octanol–water partition coefficient (Wildman–Crippen LogP) is 3.86. The van der Waals surface area contributed by atoms with E-state index >= 15 is 0 Å².